The molecular weight excluding hydrogens is 552 g/mol. The zero-order valence-electron chi connectivity index (χ0n) is 24.9. The van der Waals surface area contributed by atoms with Gasteiger partial charge in [-0.25, -0.2) is 8.78 Å². The van der Waals surface area contributed by atoms with Crippen LogP contribution in [-0.2, 0) is 29.7 Å². The van der Waals surface area contributed by atoms with Gasteiger partial charge in [-0.05, 0) is 64.0 Å². The maximum Gasteiger partial charge on any atom is 0.318 e. The van der Waals surface area contributed by atoms with Crippen molar-refractivity contribution in [2.45, 2.75) is 62.7 Å². The lowest BCUT2D eigenvalue weighted by atomic mass is 9.80. The molecule has 4 aliphatic rings. The van der Waals surface area contributed by atoms with E-state index < -0.39 is 12.2 Å². The van der Waals surface area contributed by atoms with Crippen molar-refractivity contribution in [2.75, 3.05) is 58.5 Å². The molecule has 2 aromatic rings. The maximum absolute atomic E-state index is 15.4. The number of ether oxygens (including phenoxy) is 1. The number of likely N-dealkylation sites (tertiary alicyclic amines) is 1. The first-order valence-corrected chi connectivity index (χ1v) is 15.2. The number of rotatable bonds is 7. The van der Waals surface area contributed by atoms with Gasteiger partial charge >= 0.3 is 6.01 Å². The summed E-state index contributed by atoms with van der Waals surface area (Å²) in [5.74, 6) is 0.264. The van der Waals surface area contributed by atoms with Gasteiger partial charge in [0.25, 0.3) is 0 Å². The first-order chi connectivity index (χ1) is 20.8. The zero-order valence-corrected chi connectivity index (χ0v) is 24.9. The fraction of sp³-hybridized carbons (Fsp3) is 0.562. The number of aryl methyl sites for hydroxylation is 1. The molecule has 0 N–H and O–H groups in total. The Balaban J connectivity index is 1.35. The number of likely N-dealkylation sites (N-methyl/N-ethyl adjacent to an activating group) is 2. The Morgan fingerprint density at radius 3 is 2.86 bits per heavy atom. The molecule has 0 radical (unpaired) electrons. The Kier molecular flexibility index (Phi) is 8.34. The average molecular weight is 592 g/mol. The third-order valence-corrected chi connectivity index (χ3v) is 9.83. The zero-order chi connectivity index (χ0) is 30.1. The molecule has 228 valence electrons. The van der Waals surface area contributed by atoms with Crippen molar-refractivity contribution in [2.24, 2.45) is 0 Å². The number of hydrogen-bond acceptors (Lipinski definition) is 8. The predicted molar refractivity (Wildman–Crippen MR) is 158 cm³/mol. The predicted octanol–water partition coefficient (Wildman–Crippen LogP) is 3.37. The quantitative estimate of drug-likeness (QED) is 0.453. The van der Waals surface area contributed by atoms with Crippen LogP contribution in [-0.4, -0.2) is 96.2 Å². The summed E-state index contributed by atoms with van der Waals surface area (Å²) in [6.07, 6.45) is 6.92. The smallest absolute Gasteiger partial charge is 0.318 e. The molecule has 1 aromatic heterocycles. The number of amides is 1. The van der Waals surface area contributed by atoms with Gasteiger partial charge in [-0.2, -0.15) is 15.2 Å². The molecule has 0 saturated carbocycles. The molecular formula is C32H39F2N7O2. The largest absolute Gasteiger partial charge is 0.462 e. The number of alkyl halides is 1. The van der Waals surface area contributed by atoms with E-state index in [1.807, 2.05) is 13.1 Å². The SMILES string of the molecule is CN1CCC[C@H]1COc1nc2c(c(N3CCN(C(=O)/C=C/CF)[C@@H](CC#N)C3)n1)CN(C)C1(CCc3cccc(F)c31)C2. The van der Waals surface area contributed by atoms with Crippen LogP contribution in [0.1, 0.15) is 48.1 Å². The summed E-state index contributed by atoms with van der Waals surface area (Å²) in [6, 6.07) is 7.79. The third kappa shape index (κ3) is 5.47. The van der Waals surface area contributed by atoms with Crippen LogP contribution < -0.4 is 9.64 Å². The topological polar surface area (TPSA) is 88.8 Å². The highest BCUT2D eigenvalue weighted by Gasteiger charge is 2.48. The van der Waals surface area contributed by atoms with E-state index in [-0.39, 0.29) is 24.2 Å². The van der Waals surface area contributed by atoms with Crippen LogP contribution in [0.3, 0.4) is 0 Å². The van der Waals surface area contributed by atoms with E-state index in [2.05, 4.69) is 27.8 Å². The number of hydrogen-bond donors (Lipinski definition) is 0. The van der Waals surface area contributed by atoms with E-state index in [0.29, 0.717) is 51.3 Å². The first kappa shape index (κ1) is 29.5. The molecule has 6 rings (SSSR count). The van der Waals surface area contributed by atoms with Crippen molar-refractivity contribution in [3.63, 3.8) is 0 Å². The minimum atomic E-state index is -0.718. The van der Waals surface area contributed by atoms with Crippen molar-refractivity contribution in [1.82, 2.24) is 24.7 Å². The number of allylic oxidation sites excluding steroid dienone is 1. The van der Waals surface area contributed by atoms with Crippen molar-refractivity contribution in [3.8, 4) is 12.1 Å². The molecule has 1 spiro atoms. The number of fused-ring (bicyclic) bond motifs is 3. The Bertz CT molecular complexity index is 1450. The normalized spacial score (nSPS) is 25.7. The number of anilines is 1. The second kappa shape index (κ2) is 12.2. The number of aromatic nitrogens is 2. The van der Waals surface area contributed by atoms with Gasteiger partial charge in [-0.15, -0.1) is 0 Å². The number of nitriles is 1. The van der Waals surface area contributed by atoms with Gasteiger partial charge in [0.1, 0.15) is 24.9 Å². The highest BCUT2D eigenvalue weighted by molar-refractivity contribution is 5.88. The molecule has 4 heterocycles. The van der Waals surface area contributed by atoms with Crippen LogP contribution in [0.25, 0.3) is 0 Å². The van der Waals surface area contributed by atoms with E-state index >= 15 is 4.39 Å². The van der Waals surface area contributed by atoms with Gasteiger partial charge in [-0.1, -0.05) is 12.1 Å². The van der Waals surface area contributed by atoms with Crippen LogP contribution in [0.2, 0.25) is 0 Å². The molecule has 2 fully saturated rings. The number of carbonyl (C=O) groups excluding carboxylic acids is 1. The monoisotopic (exact) mass is 591 g/mol. The summed E-state index contributed by atoms with van der Waals surface area (Å²) in [6.45, 7) is 2.62. The van der Waals surface area contributed by atoms with Crippen LogP contribution in [0.5, 0.6) is 6.01 Å². The number of nitrogens with zero attached hydrogens (tertiary/aromatic N) is 7. The van der Waals surface area contributed by atoms with Crippen molar-refractivity contribution in [3.05, 3.63) is 58.6 Å². The van der Waals surface area contributed by atoms with E-state index in [4.69, 9.17) is 14.7 Å². The van der Waals surface area contributed by atoms with Gasteiger partial charge in [0.05, 0.1) is 29.8 Å². The molecule has 43 heavy (non-hydrogen) atoms. The minimum Gasteiger partial charge on any atom is -0.462 e. The Morgan fingerprint density at radius 1 is 1.23 bits per heavy atom. The lowest BCUT2D eigenvalue weighted by Gasteiger charge is -2.46. The molecule has 2 saturated heterocycles. The summed E-state index contributed by atoms with van der Waals surface area (Å²) in [5, 5.41) is 9.57. The van der Waals surface area contributed by atoms with Crippen molar-refractivity contribution in [1.29, 1.82) is 5.26 Å². The maximum atomic E-state index is 15.4. The van der Waals surface area contributed by atoms with E-state index in [0.717, 1.165) is 60.4 Å². The summed E-state index contributed by atoms with van der Waals surface area (Å²) < 4.78 is 34.3. The molecule has 3 atom stereocenters. The molecule has 0 bridgehead atoms. The second-order valence-electron chi connectivity index (χ2n) is 12.2. The molecule has 1 amide bonds. The van der Waals surface area contributed by atoms with Crippen LogP contribution in [0.15, 0.2) is 30.4 Å². The highest BCUT2D eigenvalue weighted by atomic mass is 19.1. The number of halogens is 2. The molecule has 9 nitrogen and oxygen atoms in total. The first-order valence-electron chi connectivity index (χ1n) is 15.2. The van der Waals surface area contributed by atoms with Crippen molar-refractivity contribution < 1.29 is 18.3 Å². The lowest BCUT2D eigenvalue weighted by Crippen LogP contribution is -2.55. The van der Waals surface area contributed by atoms with Gasteiger partial charge in [0, 0.05) is 55.8 Å². The van der Waals surface area contributed by atoms with E-state index in [1.165, 1.54) is 12.2 Å². The average Bonchev–Trinajstić information content (AvgIpc) is 3.59. The molecule has 3 aliphatic heterocycles. The van der Waals surface area contributed by atoms with Gasteiger partial charge < -0.3 is 19.4 Å². The summed E-state index contributed by atoms with van der Waals surface area (Å²) in [7, 11) is 4.14. The van der Waals surface area contributed by atoms with Crippen LogP contribution in [0, 0.1) is 17.1 Å². The van der Waals surface area contributed by atoms with Gasteiger partial charge in [0.2, 0.25) is 5.91 Å². The van der Waals surface area contributed by atoms with E-state index in [9.17, 15) is 14.4 Å². The number of piperazine rings is 1. The number of benzene rings is 1. The molecule has 11 heteroatoms. The number of carbonyl (C=O) groups is 1. The lowest BCUT2D eigenvalue weighted by molar-refractivity contribution is -0.128. The fourth-order valence-electron chi connectivity index (χ4n) is 7.47. The highest BCUT2D eigenvalue weighted by Crippen LogP contribution is 2.49. The van der Waals surface area contributed by atoms with Crippen LogP contribution >= 0.6 is 0 Å². The second-order valence-corrected chi connectivity index (χ2v) is 12.2. The van der Waals surface area contributed by atoms with Gasteiger partial charge in [0.15, 0.2) is 0 Å². The van der Waals surface area contributed by atoms with Gasteiger partial charge in [-0.3, -0.25) is 9.69 Å². The van der Waals surface area contributed by atoms with Crippen molar-refractivity contribution >= 4 is 11.7 Å². The molecule has 1 aliphatic carbocycles. The standard InChI is InChI=1S/C32H39F2N7O2/c1-38-15-5-7-24(38)21-43-31-36-27-18-32(12-10-22-6-3-8-26(34)29(22)32)39(2)20-25(27)30(37-31)40-16-17-41(23(19-40)11-14-35)28(42)9-4-13-33/h3-4,6,8-9,23-24H,5,7,10-13,15-21H2,1-2H3/b9-4+/t23-,24-,32?/m0/s1. The summed E-state index contributed by atoms with van der Waals surface area (Å²) >= 11 is 0. The van der Waals surface area contributed by atoms with Crippen LogP contribution in [0.4, 0.5) is 14.6 Å². The Morgan fingerprint density at radius 2 is 2.09 bits per heavy atom. The Labute approximate surface area is 251 Å². The molecule has 1 aromatic carbocycles. The Hall–Kier alpha value is -3.62. The molecule has 1 unspecified atom stereocenters. The summed E-state index contributed by atoms with van der Waals surface area (Å²) in [4.78, 5) is 31.0. The fourth-order valence-corrected chi connectivity index (χ4v) is 7.47. The van der Waals surface area contributed by atoms with E-state index in [1.54, 1.807) is 17.0 Å². The minimum absolute atomic E-state index is 0.148. The third-order valence-electron chi connectivity index (χ3n) is 9.83. The summed E-state index contributed by atoms with van der Waals surface area (Å²) in [5.41, 5.74) is 3.14.